The molecular formula is C22H35N7O5. The molecule has 0 aliphatic carbocycles. The molecule has 0 radical (unpaired) electrons. The molecule has 2 aliphatic rings. The lowest BCUT2D eigenvalue weighted by molar-refractivity contribution is -0.152. The average molecular weight is 478 g/mol. The maximum atomic E-state index is 13.5. The van der Waals surface area contributed by atoms with Gasteiger partial charge in [-0.1, -0.05) is 0 Å². The molecule has 2 aliphatic heterocycles. The summed E-state index contributed by atoms with van der Waals surface area (Å²) < 4.78 is 0. The molecule has 0 saturated carbocycles. The van der Waals surface area contributed by atoms with E-state index in [4.69, 9.17) is 11.5 Å². The highest BCUT2D eigenvalue weighted by molar-refractivity contribution is 5.94. The number of hydrogen-bond donors (Lipinski definition) is 5. The van der Waals surface area contributed by atoms with Gasteiger partial charge in [0.25, 0.3) is 0 Å². The van der Waals surface area contributed by atoms with E-state index < -0.39 is 36.0 Å². The Kier molecular flexibility index (Phi) is 8.99. The van der Waals surface area contributed by atoms with Crippen LogP contribution in [0.5, 0.6) is 0 Å². The van der Waals surface area contributed by atoms with E-state index in [2.05, 4.69) is 15.3 Å². The lowest BCUT2D eigenvalue weighted by Crippen LogP contribution is -2.57. The fourth-order valence-corrected chi connectivity index (χ4v) is 4.72. The predicted octanol–water partition coefficient (Wildman–Crippen LogP) is -1.04. The highest BCUT2D eigenvalue weighted by atomic mass is 16.4. The highest BCUT2D eigenvalue weighted by Gasteiger charge is 2.43. The zero-order valence-electron chi connectivity index (χ0n) is 19.3. The first-order chi connectivity index (χ1) is 16.3. The van der Waals surface area contributed by atoms with Crippen molar-refractivity contribution in [3.63, 3.8) is 0 Å². The summed E-state index contributed by atoms with van der Waals surface area (Å²) in [5.41, 5.74) is 12.3. The Balaban J connectivity index is 1.69. The van der Waals surface area contributed by atoms with Crippen LogP contribution in [-0.2, 0) is 25.6 Å². The van der Waals surface area contributed by atoms with Gasteiger partial charge < -0.3 is 36.7 Å². The first-order valence-electron chi connectivity index (χ1n) is 11.9. The van der Waals surface area contributed by atoms with Crippen LogP contribution >= 0.6 is 0 Å². The third-order valence-corrected chi connectivity index (χ3v) is 6.53. The van der Waals surface area contributed by atoms with Gasteiger partial charge in [-0.25, -0.2) is 9.78 Å². The van der Waals surface area contributed by atoms with Gasteiger partial charge in [0.15, 0.2) is 0 Å². The zero-order chi connectivity index (χ0) is 24.7. The smallest absolute Gasteiger partial charge is 0.326 e. The number of carboxylic acid groups (broad SMARTS) is 1. The number of nitrogens with one attached hydrogen (secondary N) is 2. The van der Waals surface area contributed by atoms with Gasteiger partial charge in [-0.15, -0.1) is 0 Å². The summed E-state index contributed by atoms with van der Waals surface area (Å²) in [7, 11) is 0. The number of likely N-dealkylation sites (tertiary alicyclic amines) is 2. The van der Waals surface area contributed by atoms with E-state index in [1.54, 1.807) is 6.20 Å². The van der Waals surface area contributed by atoms with E-state index in [0.717, 1.165) is 0 Å². The van der Waals surface area contributed by atoms with Crippen LogP contribution in [0.4, 0.5) is 0 Å². The molecule has 34 heavy (non-hydrogen) atoms. The Hall–Kier alpha value is -2.99. The summed E-state index contributed by atoms with van der Waals surface area (Å²) in [6.07, 6.45) is 7.15. The molecule has 1 aromatic heterocycles. The number of aliphatic carboxylic acids is 1. The molecule has 0 bridgehead atoms. The number of imidazole rings is 1. The third kappa shape index (κ3) is 6.11. The summed E-state index contributed by atoms with van der Waals surface area (Å²) in [5.74, 6) is -2.17. The van der Waals surface area contributed by atoms with Crippen molar-refractivity contribution in [1.29, 1.82) is 0 Å². The molecule has 7 N–H and O–H groups in total. The number of aromatic amines is 1. The second-order valence-corrected chi connectivity index (χ2v) is 8.95. The quantitative estimate of drug-likeness (QED) is 0.250. The van der Waals surface area contributed by atoms with Crippen molar-refractivity contribution in [2.75, 3.05) is 19.6 Å². The summed E-state index contributed by atoms with van der Waals surface area (Å²) in [6, 6.07) is -3.29. The lowest BCUT2D eigenvalue weighted by Gasteiger charge is -2.32. The van der Waals surface area contributed by atoms with Crippen molar-refractivity contribution in [1.82, 2.24) is 25.1 Å². The lowest BCUT2D eigenvalue weighted by atomic mass is 10.1. The van der Waals surface area contributed by atoms with Crippen LogP contribution in [0.2, 0.25) is 0 Å². The van der Waals surface area contributed by atoms with E-state index >= 15 is 0 Å². The summed E-state index contributed by atoms with van der Waals surface area (Å²) in [5, 5.41) is 12.2. The van der Waals surface area contributed by atoms with Crippen LogP contribution < -0.4 is 16.8 Å². The minimum Gasteiger partial charge on any atom is -0.480 e. The largest absolute Gasteiger partial charge is 0.480 e. The van der Waals surface area contributed by atoms with Crippen LogP contribution in [0.1, 0.15) is 50.6 Å². The second kappa shape index (κ2) is 11.9. The van der Waals surface area contributed by atoms with Crippen LogP contribution in [0.15, 0.2) is 12.5 Å². The monoisotopic (exact) mass is 477 g/mol. The van der Waals surface area contributed by atoms with Crippen molar-refractivity contribution in [2.24, 2.45) is 11.5 Å². The van der Waals surface area contributed by atoms with Crippen LogP contribution in [0.3, 0.4) is 0 Å². The normalized spacial score (nSPS) is 21.9. The molecule has 3 rings (SSSR count). The van der Waals surface area contributed by atoms with Gasteiger partial charge >= 0.3 is 5.97 Å². The molecule has 12 heteroatoms. The van der Waals surface area contributed by atoms with Crippen molar-refractivity contribution < 1.29 is 24.3 Å². The number of aromatic nitrogens is 2. The van der Waals surface area contributed by atoms with E-state index in [-0.39, 0.29) is 18.2 Å². The van der Waals surface area contributed by atoms with Crippen molar-refractivity contribution in [3.05, 3.63) is 18.2 Å². The Morgan fingerprint density at radius 3 is 2.50 bits per heavy atom. The third-order valence-electron chi connectivity index (χ3n) is 6.53. The number of carboxylic acids is 1. The number of H-pyrrole nitrogens is 1. The SMILES string of the molecule is NCCCCC(NC(=O)C(N)Cc1cnc[nH]1)C(=O)N1CCCC1C(=O)N1CCCC1C(=O)O. The van der Waals surface area contributed by atoms with Crippen molar-refractivity contribution in [3.8, 4) is 0 Å². The van der Waals surface area contributed by atoms with Gasteiger partial charge in [-0.05, 0) is 51.5 Å². The van der Waals surface area contributed by atoms with Crippen LogP contribution in [0, 0.1) is 0 Å². The minimum atomic E-state index is -1.03. The van der Waals surface area contributed by atoms with Crippen molar-refractivity contribution >= 4 is 23.7 Å². The molecule has 0 aromatic carbocycles. The molecule has 3 amide bonds. The standard InChI is InChI=1S/C22H35N7O5/c23-8-2-1-5-16(27-19(30)15(24)11-14-12-25-13-26-14)20(31)28-9-3-6-17(28)21(32)29-10-4-7-18(29)22(33)34/h12-13,15-18H,1-11,23-24H2,(H,25,26)(H,27,30)(H,33,34). The number of hydrogen-bond acceptors (Lipinski definition) is 7. The molecule has 1 aromatic rings. The Morgan fingerprint density at radius 1 is 1.15 bits per heavy atom. The number of nitrogens with zero attached hydrogens (tertiary/aromatic N) is 3. The van der Waals surface area contributed by atoms with E-state index in [1.165, 1.54) is 16.1 Å². The fraction of sp³-hybridized carbons (Fsp3) is 0.682. The number of carbonyl (C=O) groups is 4. The van der Waals surface area contributed by atoms with Crippen molar-refractivity contribution in [2.45, 2.75) is 75.5 Å². The van der Waals surface area contributed by atoms with E-state index in [0.29, 0.717) is 70.3 Å². The minimum absolute atomic E-state index is 0.242. The summed E-state index contributed by atoms with van der Waals surface area (Å²) in [6.45, 7) is 1.21. The molecular weight excluding hydrogens is 442 g/mol. The highest BCUT2D eigenvalue weighted by Crippen LogP contribution is 2.26. The maximum absolute atomic E-state index is 13.5. The molecule has 188 valence electrons. The molecule has 4 atom stereocenters. The Labute approximate surface area is 198 Å². The molecule has 3 heterocycles. The number of carbonyl (C=O) groups excluding carboxylic acids is 3. The summed E-state index contributed by atoms with van der Waals surface area (Å²) in [4.78, 5) is 60.7. The second-order valence-electron chi connectivity index (χ2n) is 8.95. The van der Waals surface area contributed by atoms with Gasteiger partial charge in [0.2, 0.25) is 17.7 Å². The fourth-order valence-electron chi connectivity index (χ4n) is 4.72. The predicted molar refractivity (Wildman–Crippen MR) is 122 cm³/mol. The van der Waals surface area contributed by atoms with E-state index in [1.807, 2.05) is 0 Å². The first-order valence-corrected chi connectivity index (χ1v) is 11.9. The number of nitrogens with two attached hydrogens (primary N) is 2. The maximum Gasteiger partial charge on any atom is 0.326 e. The Morgan fingerprint density at radius 2 is 1.85 bits per heavy atom. The van der Waals surface area contributed by atoms with Gasteiger partial charge in [-0.3, -0.25) is 14.4 Å². The number of amides is 3. The van der Waals surface area contributed by atoms with Crippen LogP contribution in [-0.4, -0.2) is 92.4 Å². The summed E-state index contributed by atoms with van der Waals surface area (Å²) >= 11 is 0. The molecule has 4 unspecified atom stereocenters. The molecule has 2 fully saturated rings. The molecule has 2 saturated heterocycles. The van der Waals surface area contributed by atoms with Crippen LogP contribution in [0.25, 0.3) is 0 Å². The molecule has 0 spiro atoms. The molecule has 12 nitrogen and oxygen atoms in total. The van der Waals surface area contributed by atoms with Gasteiger partial charge in [0.05, 0.1) is 12.4 Å². The van der Waals surface area contributed by atoms with Gasteiger partial charge in [0.1, 0.15) is 18.1 Å². The van der Waals surface area contributed by atoms with Gasteiger partial charge in [0, 0.05) is 31.4 Å². The van der Waals surface area contributed by atoms with E-state index in [9.17, 15) is 24.3 Å². The first kappa shape index (κ1) is 25.6. The number of rotatable bonds is 11. The topological polar surface area (TPSA) is 188 Å². The zero-order valence-corrected chi connectivity index (χ0v) is 19.3. The number of unbranched alkanes of at least 4 members (excludes halogenated alkanes) is 1. The average Bonchev–Trinajstić information content (AvgIpc) is 3.58. The van der Waals surface area contributed by atoms with Gasteiger partial charge in [-0.2, -0.15) is 0 Å². The Bertz CT molecular complexity index is 862.